The van der Waals surface area contributed by atoms with Gasteiger partial charge in [0.15, 0.2) is 0 Å². The predicted molar refractivity (Wildman–Crippen MR) is 85.1 cm³/mol. The fourth-order valence-corrected chi connectivity index (χ4v) is 2.43. The molecule has 0 aliphatic carbocycles. The molecule has 1 rings (SSSR count). The Kier molecular flexibility index (Phi) is 8.54. The van der Waals surface area contributed by atoms with E-state index in [1.807, 2.05) is 30.3 Å². The van der Waals surface area contributed by atoms with Crippen molar-refractivity contribution in [3.63, 3.8) is 0 Å². The van der Waals surface area contributed by atoms with Gasteiger partial charge in [0.2, 0.25) is 5.91 Å². The van der Waals surface area contributed by atoms with Gasteiger partial charge < -0.3 is 15.8 Å². The fourth-order valence-electron chi connectivity index (χ4n) is 1.64. The number of rotatable bonds is 9. The molecule has 0 saturated heterocycles. The maximum Gasteiger partial charge on any atom is 0.323 e. The monoisotopic (exact) mass is 310 g/mol. The van der Waals surface area contributed by atoms with Crippen molar-refractivity contribution in [3.05, 3.63) is 35.9 Å². The first-order valence-electron chi connectivity index (χ1n) is 6.94. The molecule has 1 amide bonds. The molecular formula is C15H22N2O3S. The molecule has 21 heavy (non-hydrogen) atoms. The van der Waals surface area contributed by atoms with Gasteiger partial charge in [-0.2, -0.15) is 0 Å². The highest BCUT2D eigenvalue weighted by Gasteiger charge is 2.14. The highest BCUT2D eigenvalue weighted by molar-refractivity contribution is 8.00. The van der Waals surface area contributed by atoms with Crippen LogP contribution in [-0.2, 0) is 20.7 Å². The summed E-state index contributed by atoms with van der Waals surface area (Å²) >= 11 is 1.33. The average molecular weight is 310 g/mol. The number of ether oxygens (including phenoxy) is 1. The summed E-state index contributed by atoms with van der Waals surface area (Å²) in [6, 6.07) is 9.30. The molecule has 3 N–H and O–H groups in total. The largest absolute Gasteiger partial charge is 0.465 e. The van der Waals surface area contributed by atoms with Crippen molar-refractivity contribution < 1.29 is 14.3 Å². The van der Waals surface area contributed by atoms with Gasteiger partial charge in [-0.3, -0.25) is 9.59 Å². The molecule has 0 aliphatic heterocycles. The molecule has 1 unspecified atom stereocenters. The zero-order chi connectivity index (χ0) is 15.5. The predicted octanol–water partition coefficient (Wildman–Crippen LogP) is 0.969. The van der Waals surface area contributed by atoms with Crippen LogP contribution in [0, 0.1) is 0 Å². The van der Waals surface area contributed by atoms with Crippen molar-refractivity contribution in [2.75, 3.05) is 24.7 Å². The minimum absolute atomic E-state index is 0.0491. The number of thioether (sulfide) groups is 1. The number of amides is 1. The number of hydrogen-bond acceptors (Lipinski definition) is 5. The summed E-state index contributed by atoms with van der Waals surface area (Å²) < 4.78 is 4.80. The van der Waals surface area contributed by atoms with Gasteiger partial charge in [0, 0.05) is 12.3 Å². The van der Waals surface area contributed by atoms with Crippen LogP contribution in [0.1, 0.15) is 12.5 Å². The summed E-state index contributed by atoms with van der Waals surface area (Å²) in [6.45, 7) is 2.66. The first kappa shape index (κ1) is 17.5. The summed E-state index contributed by atoms with van der Waals surface area (Å²) in [5.74, 6) is 0.203. The van der Waals surface area contributed by atoms with Crippen molar-refractivity contribution >= 4 is 23.6 Å². The third kappa shape index (κ3) is 7.72. The average Bonchev–Trinajstić information content (AvgIpc) is 2.48. The van der Waals surface area contributed by atoms with Crippen molar-refractivity contribution in [2.24, 2.45) is 5.73 Å². The quantitative estimate of drug-likeness (QED) is 0.664. The Hall–Kier alpha value is -1.53. The Bertz CT molecular complexity index is 440. The van der Waals surface area contributed by atoms with Crippen LogP contribution in [0.25, 0.3) is 0 Å². The molecule has 1 atom stereocenters. The van der Waals surface area contributed by atoms with Crippen molar-refractivity contribution in [2.45, 2.75) is 19.4 Å². The van der Waals surface area contributed by atoms with Gasteiger partial charge in [0.1, 0.15) is 6.04 Å². The lowest BCUT2D eigenvalue weighted by molar-refractivity contribution is -0.144. The van der Waals surface area contributed by atoms with E-state index >= 15 is 0 Å². The zero-order valence-corrected chi connectivity index (χ0v) is 13.0. The van der Waals surface area contributed by atoms with Gasteiger partial charge in [0.25, 0.3) is 0 Å². The van der Waals surface area contributed by atoms with Crippen LogP contribution >= 0.6 is 11.8 Å². The number of nitrogens with one attached hydrogen (secondary N) is 1. The number of benzene rings is 1. The number of nitrogens with two attached hydrogens (primary N) is 1. The summed E-state index contributed by atoms with van der Waals surface area (Å²) in [5, 5.41) is 2.84. The van der Waals surface area contributed by atoms with E-state index in [9.17, 15) is 9.59 Å². The molecule has 0 aliphatic rings. The first-order valence-corrected chi connectivity index (χ1v) is 8.09. The van der Waals surface area contributed by atoms with Crippen LogP contribution in [0.2, 0.25) is 0 Å². The van der Waals surface area contributed by atoms with Gasteiger partial charge in [-0.25, -0.2) is 0 Å². The van der Waals surface area contributed by atoms with Crippen LogP contribution in [0.4, 0.5) is 0 Å². The minimum atomic E-state index is -0.674. The summed E-state index contributed by atoms with van der Waals surface area (Å²) in [4.78, 5) is 22.9. The normalized spacial score (nSPS) is 11.7. The number of carbonyl (C=O) groups is 2. The topological polar surface area (TPSA) is 81.4 Å². The third-order valence-corrected chi connectivity index (χ3v) is 3.76. The van der Waals surface area contributed by atoms with Gasteiger partial charge in [-0.1, -0.05) is 30.3 Å². The van der Waals surface area contributed by atoms with Crippen molar-refractivity contribution in [1.29, 1.82) is 0 Å². The maximum atomic E-state index is 11.6. The first-order chi connectivity index (χ1) is 10.1. The molecule has 1 aromatic rings. The smallest absolute Gasteiger partial charge is 0.323 e. The lowest BCUT2D eigenvalue weighted by Gasteiger charge is -2.10. The van der Waals surface area contributed by atoms with Crippen LogP contribution in [0.15, 0.2) is 30.3 Å². The fraction of sp³-hybridized carbons (Fsp3) is 0.467. The SMILES string of the molecule is CCOC(=O)C(N)CSCC(=O)NCCc1ccccc1. The highest BCUT2D eigenvalue weighted by Crippen LogP contribution is 2.03. The van der Waals surface area contributed by atoms with E-state index in [4.69, 9.17) is 10.5 Å². The standard InChI is InChI=1S/C15H22N2O3S/c1-2-20-15(19)13(16)10-21-11-14(18)17-9-8-12-6-4-3-5-7-12/h3-7,13H,2,8-11,16H2,1H3,(H,17,18). The number of hydrogen-bond donors (Lipinski definition) is 2. The zero-order valence-electron chi connectivity index (χ0n) is 12.2. The molecule has 0 saturated carbocycles. The van der Waals surface area contributed by atoms with E-state index in [1.54, 1.807) is 6.92 Å². The van der Waals surface area contributed by atoms with Crippen molar-refractivity contribution in [3.8, 4) is 0 Å². The van der Waals surface area contributed by atoms with Gasteiger partial charge >= 0.3 is 5.97 Å². The van der Waals surface area contributed by atoms with Gasteiger partial charge in [-0.15, -0.1) is 11.8 Å². The second-order valence-electron chi connectivity index (χ2n) is 4.46. The van der Waals surface area contributed by atoms with Gasteiger partial charge in [0.05, 0.1) is 12.4 Å². The molecule has 6 heteroatoms. The molecule has 1 aromatic carbocycles. The summed E-state index contributed by atoms with van der Waals surface area (Å²) in [7, 11) is 0. The molecular weight excluding hydrogens is 288 g/mol. The molecule has 0 fully saturated rings. The Morgan fingerprint density at radius 3 is 2.71 bits per heavy atom. The Labute approximate surface area is 129 Å². The second-order valence-corrected chi connectivity index (χ2v) is 5.49. The van der Waals surface area contributed by atoms with Crippen LogP contribution in [-0.4, -0.2) is 42.6 Å². The number of carbonyl (C=O) groups excluding carboxylic acids is 2. The molecule has 0 spiro atoms. The Balaban J connectivity index is 2.10. The van der Waals surface area contributed by atoms with Crippen LogP contribution < -0.4 is 11.1 Å². The third-order valence-electron chi connectivity index (χ3n) is 2.70. The van der Waals surface area contributed by atoms with E-state index in [1.165, 1.54) is 17.3 Å². The van der Waals surface area contributed by atoms with Gasteiger partial charge in [-0.05, 0) is 18.9 Å². The second kappa shape index (κ2) is 10.2. The minimum Gasteiger partial charge on any atom is -0.465 e. The molecule has 0 heterocycles. The molecule has 0 aromatic heterocycles. The molecule has 5 nitrogen and oxygen atoms in total. The molecule has 116 valence electrons. The number of esters is 1. The molecule has 0 radical (unpaired) electrons. The van der Waals surface area contributed by atoms with Crippen LogP contribution in [0.3, 0.4) is 0 Å². The highest BCUT2D eigenvalue weighted by atomic mass is 32.2. The van der Waals surface area contributed by atoms with E-state index < -0.39 is 12.0 Å². The molecule has 0 bridgehead atoms. The van der Waals surface area contributed by atoms with Crippen molar-refractivity contribution in [1.82, 2.24) is 5.32 Å². The summed E-state index contributed by atoms with van der Waals surface area (Å²) in [6.07, 6.45) is 0.805. The lowest BCUT2D eigenvalue weighted by atomic mass is 10.1. The lowest BCUT2D eigenvalue weighted by Crippen LogP contribution is -2.35. The van der Waals surface area contributed by atoms with E-state index in [-0.39, 0.29) is 5.91 Å². The van der Waals surface area contributed by atoms with E-state index in [0.29, 0.717) is 24.7 Å². The van der Waals surface area contributed by atoms with E-state index in [0.717, 1.165) is 6.42 Å². The maximum absolute atomic E-state index is 11.6. The Morgan fingerprint density at radius 2 is 2.05 bits per heavy atom. The summed E-state index contributed by atoms with van der Waals surface area (Å²) in [5.41, 5.74) is 6.83. The Morgan fingerprint density at radius 1 is 1.33 bits per heavy atom. The van der Waals surface area contributed by atoms with E-state index in [2.05, 4.69) is 5.32 Å². The van der Waals surface area contributed by atoms with Crippen LogP contribution in [0.5, 0.6) is 0 Å².